The molecule has 4 rings (SSSR count). The van der Waals surface area contributed by atoms with Crippen LogP contribution >= 0.6 is 11.3 Å². The number of urea groups is 1. The van der Waals surface area contributed by atoms with Crippen molar-refractivity contribution in [3.05, 3.63) is 57.8 Å². The Morgan fingerprint density at radius 2 is 2.08 bits per heavy atom. The van der Waals surface area contributed by atoms with Gasteiger partial charge in [-0.15, -0.1) is 11.3 Å². The molecule has 1 N–H and O–H groups in total. The highest BCUT2D eigenvalue weighted by Gasteiger charge is 2.46. The van der Waals surface area contributed by atoms with Crippen molar-refractivity contribution < 1.29 is 9.59 Å². The third kappa shape index (κ3) is 3.27. The number of benzene rings is 1. The minimum atomic E-state index is -0.300. The Morgan fingerprint density at radius 3 is 2.85 bits per heavy atom. The third-order valence-electron chi connectivity index (χ3n) is 5.16. The van der Waals surface area contributed by atoms with Crippen LogP contribution in [0, 0.1) is 6.92 Å². The molecule has 1 aromatic heterocycles. The number of rotatable bonds is 4. The van der Waals surface area contributed by atoms with Gasteiger partial charge in [-0.25, -0.2) is 4.79 Å². The van der Waals surface area contributed by atoms with E-state index >= 15 is 0 Å². The first kappa shape index (κ1) is 17.2. The molecule has 2 fully saturated rings. The average Bonchev–Trinajstić information content (AvgIpc) is 3.16. The minimum Gasteiger partial charge on any atom is -0.315 e. The number of nitrogens with zero attached hydrogens (tertiary/aromatic N) is 2. The van der Waals surface area contributed by atoms with Crippen LogP contribution in [0.3, 0.4) is 0 Å². The normalized spacial score (nSPS) is 23.3. The fraction of sp³-hybridized carbons (Fsp3) is 0.400. The van der Waals surface area contributed by atoms with Crippen LogP contribution in [0.15, 0.2) is 41.8 Å². The van der Waals surface area contributed by atoms with Gasteiger partial charge in [0.2, 0.25) is 5.91 Å². The molecule has 2 unspecified atom stereocenters. The molecule has 0 saturated carbocycles. The van der Waals surface area contributed by atoms with Crippen LogP contribution in [0.2, 0.25) is 0 Å². The maximum Gasteiger partial charge on any atom is 0.327 e. The Morgan fingerprint density at radius 1 is 1.19 bits per heavy atom. The van der Waals surface area contributed by atoms with E-state index in [1.807, 2.05) is 34.5 Å². The summed E-state index contributed by atoms with van der Waals surface area (Å²) in [6.45, 7) is 3.77. The zero-order chi connectivity index (χ0) is 18.1. The largest absolute Gasteiger partial charge is 0.327 e. The average molecular weight is 369 g/mol. The van der Waals surface area contributed by atoms with Crippen LogP contribution in [0.25, 0.3) is 0 Å². The van der Waals surface area contributed by atoms with E-state index in [2.05, 4.69) is 24.4 Å². The highest BCUT2D eigenvalue weighted by molar-refractivity contribution is 7.09. The summed E-state index contributed by atoms with van der Waals surface area (Å²) in [7, 11) is 0. The van der Waals surface area contributed by atoms with Crippen LogP contribution in [0.1, 0.15) is 28.8 Å². The smallest absolute Gasteiger partial charge is 0.315 e. The fourth-order valence-corrected chi connectivity index (χ4v) is 4.61. The summed E-state index contributed by atoms with van der Waals surface area (Å²) >= 11 is 1.57. The molecule has 2 atom stereocenters. The standard InChI is InChI=1S/C20H23N3O2S/c1-14-5-2-6-15(11-14)12-22-17-8-3-9-21-18(17)19(24)23(20(22)25)13-16-7-4-10-26-16/h2,4-7,10-11,17-18,21H,3,8-9,12-13H2,1H3. The topological polar surface area (TPSA) is 52.7 Å². The molecular formula is C20H23N3O2S. The van der Waals surface area contributed by atoms with Crippen LogP contribution in [-0.4, -0.2) is 40.4 Å². The molecule has 3 amide bonds. The summed E-state index contributed by atoms with van der Waals surface area (Å²) in [6.07, 6.45) is 1.85. The number of amides is 3. The number of piperidine rings is 1. The predicted octanol–water partition coefficient (Wildman–Crippen LogP) is 3.14. The number of carbonyl (C=O) groups is 2. The molecule has 136 valence electrons. The van der Waals surface area contributed by atoms with Gasteiger partial charge >= 0.3 is 6.03 Å². The number of imide groups is 1. The number of nitrogens with one attached hydrogen (secondary N) is 1. The predicted molar refractivity (Wildman–Crippen MR) is 102 cm³/mol. The molecule has 0 bridgehead atoms. The molecule has 2 aromatic rings. The first-order valence-corrected chi connectivity index (χ1v) is 9.95. The lowest BCUT2D eigenvalue weighted by Gasteiger charge is -2.47. The first-order chi connectivity index (χ1) is 12.6. The highest BCUT2D eigenvalue weighted by Crippen LogP contribution is 2.28. The van der Waals surface area contributed by atoms with Crippen molar-refractivity contribution >= 4 is 23.3 Å². The molecule has 0 aliphatic carbocycles. The Kier molecular flexibility index (Phi) is 4.78. The molecule has 5 nitrogen and oxygen atoms in total. The van der Waals surface area contributed by atoms with E-state index < -0.39 is 0 Å². The molecule has 3 heterocycles. The van der Waals surface area contributed by atoms with Gasteiger partial charge in [0.25, 0.3) is 0 Å². The van der Waals surface area contributed by atoms with Gasteiger partial charge in [-0.1, -0.05) is 35.9 Å². The quantitative estimate of drug-likeness (QED) is 0.901. The van der Waals surface area contributed by atoms with Crippen molar-refractivity contribution in [3.63, 3.8) is 0 Å². The van der Waals surface area contributed by atoms with Crippen LogP contribution < -0.4 is 5.32 Å². The van der Waals surface area contributed by atoms with Crippen molar-refractivity contribution in [3.8, 4) is 0 Å². The van der Waals surface area contributed by atoms with Gasteiger partial charge in [-0.05, 0) is 43.3 Å². The van der Waals surface area contributed by atoms with Crippen LogP contribution in [0.4, 0.5) is 4.79 Å². The van der Waals surface area contributed by atoms with E-state index in [1.54, 1.807) is 11.3 Å². The summed E-state index contributed by atoms with van der Waals surface area (Å²) in [5.74, 6) is -0.0893. The maximum atomic E-state index is 13.2. The van der Waals surface area contributed by atoms with Crippen molar-refractivity contribution in [1.82, 2.24) is 15.1 Å². The van der Waals surface area contributed by atoms with Crippen molar-refractivity contribution in [2.24, 2.45) is 0 Å². The van der Waals surface area contributed by atoms with Crippen LogP contribution in [-0.2, 0) is 17.9 Å². The lowest BCUT2D eigenvalue weighted by Crippen LogP contribution is -2.68. The lowest BCUT2D eigenvalue weighted by atomic mass is 9.93. The number of hydrogen-bond donors (Lipinski definition) is 1. The van der Waals surface area contributed by atoms with Crippen molar-refractivity contribution in [1.29, 1.82) is 0 Å². The molecule has 2 aliphatic heterocycles. The van der Waals surface area contributed by atoms with E-state index in [4.69, 9.17) is 0 Å². The van der Waals surface area contributed by atoms with Gasteiger partial charge in [-0.3, -0.25) is 9.69 Å². The van der Waals surface area contributed by atoms with Gasteiger partial charge in [0.05, 0.1) is 12.6 Å². The van der Waals surface area contributed by atoms with Gasteiger partial charge in [0.1, 0.15) is 6.04 Å². The second-order valence-corrected chi connectivity index (χ2v) is 8.08. The van der Waals surface area contributed by atoms with Gasteiger partial charge in [0.15, 0.2) is 0 Å². The number of hydrogen-bond acceptors (Lipinski definition) is 4. The Bertz CT molecular complexity index is 805. The second kappa shape index (κ2) is 7.21. The fourth-order valence-electron chi connectivity index (χ4n) is 3.91. The van der Waals surface area contributed by atoms with E-state index in [0.29, 0.717) is 13.1 Å². The van der Waals surface area contributed by atoms with Gasteiger partial charge in [-0.2, -0.15) is 0 Å². The molecule has 6 heteroatoms. The summed E-state index contributed by atoms with van der Waals surface area (Å²) in [4.78, 5) is 30.5. The Hall–Kier alpha value is -2.18. The Labute approximate surface area is 157 Å². The highest BCUT2D eigenvalue weighted by atomic mass is 32.1. The number of aryl methyl sites for hydroxylation is 1. The number of carbonyl (C=O) groups excluding carboxylic acids is 2. The zero-order valence-electron chi connectivity index (χ0n) is 14.9. The summed E-state index contributed by atoms with van der Waals surface area (Å²) < 4.78 is 0. The number of thiophene rings is 1. The molecule has 0 spiro atoms. The lowest BCUT2D eigenvalue weighted by molar-refractivity contribution is -0.137. The summed E-state index contributed by atoms with van der Waals surface area (Å²) in [5.41, 5.74) is 2.28. The summed E-state index contributed by atoms with van der Waals surface area (Å²) in [6, 6.07) is 11.6. The van der Waals surface area contributed by atoms with Crippen LogP contribution in [0.5, 0.6) is 0 Å². The van der Waals surface area contributed by atoms with E-state index in [0.717, 1.165) is 29.8 Å². The molecule has 26 heavy (non-hydrogen) atoms. The SMILES string of the molecule is Cc1cccc(CN2C(=O)N(Cc3cccs3)C(=O)C3NCCCC32)c1. The third-order valence-corrected chi connectivity index (χ3v) is 6.03. The van der Waals surface area contributed by atoms with Crippen molar-refractivity contribution in [2.75, 3.05) is 6.54 Å². The molecular weight excluding hydrogens is 346 g/mol. The van der Waals surface area contributed by atoms with Gasteiger partial charge < -0.3 is 10.2 Å². The molecule has 2 aliphatic rings. The number of fused-ring (bicyclic) bond motifs is 1. The van der Waals surface area contributed by atoms with Gasteiger partial charge in [0, 0.05) is 11.4 Å². The minimum absolute atomic E-state index is 0.0659. The van der Waals surface area contributed by atoms with E-state index in [-0.39, 0.29) is 24.0 Å². The van der Waals surface area contributed by atoms with E-state index in [9.17, 15) is 9.59 Å². The van der Waals surface area contributed by atoms with Crippen molar-refractivity contribution in [2.45, 2.75) is 44.9 Å². The zero-order valence-corrected chi connectivity index (χ0v) is 15.7. The maximum absolute atomic E-state index is 13.2. The first-order valence-electron chi connectivity index (χ1n) is 9.07. The second-order valence-electron chi connectivity index (χ2n) is 7.04. The molecule has 0 radical (unpaired) electrons. The molecule has 2 saturated heterocycles. The monoisotopic (exact) mass is 369 g/mol. The van der Waals surface area contributed by atoms with E-state index in [1.165, 1.54) is 10.5 Å². The Balaban J connectivity index is 1.63. The molecule has 1 aromatic carbocycles. The summed E-state index contributed by atoms with van der Waals surface area (Å²) in [5, 5.41) is 5.32.